The summed E-state index contributed by atoms with van der Waals surface area (Å²) in [5.41, 5.74) is 2.85. The van der Waals surface area contributed by atoms with Crippen LogP contribution in [-0.4, -0.2) is 22.5 Å². The first-order chi connectivity index (χ1) is 14.2. The van der Waals surface area contributed by atoms with Gasteiger partial charge in [0.05, 0.1) is 5.56 Å². The fraction of sp³-hybridized carbons (Fsp3) is 0.0833. The van der Waals surface area contributed by atoms with Gasteiger partial charge >= 0.3 is 0 Å². The average Bonchev–Trinajstić information content (AvgIpc) is 3.26. The summed E-state index contributed by atoms with van der Waals surface area (Å²) in [6, 6.07) is 26.8. The van der Waals surface area contributed by atoms with Crippen LogP contribution in [0.1, 0.15) is 27.5 Å². The van der Waals surface area contributed by atoms with Gasteiger partial charge in [-0.25, -0.2) is 4.98 Å². The molecular formula is C24H20N2O3. The molecule has 0 aliphatic heterocycles. The first-order valence-electron chi connectivity index (χ1n) is 9.34. The molecule has 0 aliphatic carbocycles. The lowest BCUT2D eigenvalue weighted by atomic mass is 9.91. The highest BCUT2D eigenvalue weighted by Gasteiger charge is 2.19. The van der Waals surface area contributed by atoms with Gasteiger partial charge in [-0.3, -0.25) is 4.79 Å². The predicted molar refractivity (Wildman–Crippen MR) is 111 cm³/mol. The Balaban J connectivity index is 1.51. The highest BCUT2D eigenvalue weighted by Crippen LogP contribution is 2.28. The minimum absolute atomic E-state index is 0.0193. The molecule has 1 aromatic heterocycles. The van der Waals surface area contributed by atoms with Crippen molar-refractivity contribution in [3.8, 4) is 17.2 Å². The van der Waals surface area contributed by atoms with E-state index >= 15 is 0 Å². The molecule has 0 aliphatic rings. The Morgan fingerprint density at radius 1 is 0.897 bits per heavy atom. The van der Waals surface area contributed by atoms with Gasteiger partial charge < -0.3 is 14.8 Å². The number of oxazole rings is 1. The molecule has 0 unspecified atom stereocenters. The molecular weight excluding hydrogens is 364 g/mol. The van der Waals surface area contributed by atoms with Crippen molar-refractivity contribution in [3.05, 3.63) is 108 Å². The van der Waals surface area contributed by atoms with Crippen molar-refractivity contribution in [2.24, 2.45) is 0 Å². The summed E-state index contributed by atoms with van der Waals surface area (Å²) < 4.78 is 5.40. The van der Waals surface area contributed by atoms with E-state index in [-0.39, 0.29) is 29.2 Å². The second-order valence-electron chi connectivity index (χ2n) is 6.64. The summed E-state index contributed by atoms with van der Waals surface area (Å²) >= 11 is 0. The third-order valence-corrected chi connectivity index (χ3v) is 4.74. The Morgan fingerprint density at radius 3 is 2.10 bits per heavy atom. The number of para-hydroxylation sites is 1. The first kappa shape index (κ1) is 18.5. The molecule has 4 aromatic rings. The Hall–Kier alpha value is -3.86. The van der Waals surface area contributed by atoms with E-state index in [1.54, 1.807) is 24.3 Å². The van der Waals surface area contributed by atoms with Gasteiger partial charge in [-0.2, -0.15) is 0 Å². The Labute approximate surface area is 168 Å². The molecule has 0 atom stereocenters. The molecule has 5 nitrogen and oxygen atoms in total. The van der Waals surface area contributed by atoms with Gasteiger partial charge in [0.25, 0.3) is 5.91 Å². The van der Waals surface area contributed by atoms with E-state index in [1.165, 1.54) is 6.26 Å². The van der Waals surface area contributed by atoms with Crippen molar-refractivity contribution in [3.63, 3.8) is 0 Å². The fourth-order valence-corrected chi connectivity index (χ4v) is 3.24. The van der Waals surface area contributed by atoms with Crippen LogP contribution in [-0.2, 0) is 0 Å². The third-order valence-electron chi connectivity index (χ3n) is 4.74. The number of nitrogens with one attached hydrogen (secondary N) is 1. The maximum absolute atomic E-state index is 12.6. The van der Waals surface area contributed by atoms with E-state index < -0.39 is 0 Å². The highest BCUT2D eigenvalue weighted by molar-refractivity contribution is 5.92. The Kier molecular flexibility index (Phi) is 5.38. The lowest BCUT2D eigenvalue weighted by Crippen LogP contribution is -2.29. The minimum Gasteiger partial charge on any atom is -0.507 e. The smallest absolute Gasteiger partial charge is 0.273 e. The maximum Gasteiger partial charge on any atom is 0.273 e. The number of hydrogen-bond donors (Lipinski definition) is 2. The fourth-order valence-electron chi connectivity index (χ4n) is 3.24. The molecule has 144 valence electrons. The van der Waals surface area contributed by atoms with Crippen LogP contribution >= 0.6 is 0 Å². The number of carbonyl (C=O) groups excluding carboxylic acids is 1. The van der Waals surface area contributed by atoms with E-state index in [2.05, 4.69) is 34.6 Å². The number of phenols is 1. The molecule has 0 spiro atoms. The van der Waals surface area contributed by atoms with Crippen LogP contribution in [0.5, 0.6) is 5.75 Å². The number of amides is 1. The monoisotopic (exact) mass is 384 g/mol. The zero-order valence-corrected chi connectivity index (χ0v) is 15.7. The van der Waals surface area contributed by atoms with Crippen molar-refractivity contribution in [1.82, 2.24) is 10.3 Å². The lowest BCUT2D eigenvalue weighted by molar-refractivity contribution is 0.0947. The third kappa shape index (κ3) is 4.19. The van der Waals surface area contributed by atoms with Crippen LogP contribution in [0.4, 0.5) is 0 Å². The van der Waals surface area contributed by atoms with Crippen LogP contribution in [0.2, 0.25) is 0 Å². The molecule has 2 N–H and O–H groups in total. The number of rotatable bonds is 6. The topological polar surface area (TPSA) is 75.4 Å². The molecule has 29 heavy (non-hydrogen) atoms. The lowest BCUT2D eigenvalue weighted by Gasteiger charge is -2.18. The molecule has 3 aromatic carbocycles. The average molecular weight is 384 g/mol. The largest absolute Gasteiger partial charge is 0.507 e. The predicted octanol–water partition coefficient (Wildman–Crippen LogP) is 4.61. The number of hydrogen-bond acceptors (Lipinski definition) is 4. The van der Waals surface area contributed by atoms with Crippen molar-refractivity contribution in [1.29, 1.82) is 0 Å². The van der Waals surface area contributed by atoms with Crippen molar-refractivity contribution >= 4 is 5.91 Å². The number of benzene rings is 3. The van der Waals surface area contributed by atoms with E-state index in [9.17, 15) is 9.90 Å². The van der Waals surface area contributed by atoms with Crippen molar-refractivity contribution < 1.29 is 14.3 Å². The zero-order chi connectivity index (χ0) is 20.1. The van der Waals surface area contributed by atoms with Gasteiger partial charge in [0.15, 0.2) is 5.69 Å². The summed E-state index contributed by atoms with van der Waals surface area (Å²) in [4.78, 5) is 16.9. The highest BCUT2D eigenvalue weighted by atomic mass is 16.3. The van der Waals surface area contributed by atoms with E-state index in [0.29, 0.717) is 12.1 Å². The molecule has 0 saturated heterocycles. The van der Waals surface area contributed by atoms with Gasteiger partial charge in [-0.05, 0) is 23.3 Å². The van der Waals surface area contributed by atoms with Crippen LogP contribution in [0, 0.1) is 0 Å². The van der Waals surface area contributed by atoms with Gasteiger partial charge in [0.1, 0.15) is 12.0 Å². The Morgan fingerprint density at radius 2 is 1.48 bits per heavy atom. The molecule has 0 fully saturated rings. The SMILES string of the molecule is O=C(NCC(c1ccccc1)c1ccccc1)c1coc(-c2ccccc2O)n1. The number of aromatic nitrogens is 1. The summed E-state index contributed by atoms with van der Waals surface area (Å²) in [5.74, 6) is -0.0522. The van der Waals surface area contributed by atoms with Gasteiger partial charge in [0.2, 0.25) is 5.89 Å². The molecule has 1 heterocycles. The van der Waals surface area contributed by atoms with E-state index in [1.807, 2.05) is 36.4 Å². The summed E-state index contributed by atoms with van der Waals surface area (Å²) in [6.45, 7) is 0.422. The van der Waals surface area contributed by atoms with Crippen molar-refractivity contribution in [2.75, 3.05) is 6.54 Å². The Bertz CT molecular complexity index is 1050. The number of phenolic OH excluding ortho intramolecular Hbond substituents is 1. The normalized spacial score (nSPS) is 10.8. The van der Waals surface area contributed by atoms with Crippen LogP contribution in [0.25, 0.3) is 11.5 Å². The number of carbonyl (C=O) groups is 1. The van der Waals surface area contributed by atoms with Crippen molar-refractivity contribution in [2.45, 2.75) is 5.92 Å². The second kappa shape index (κ2) is 8.44. The molecule has 0 bridgehead atoms. The minimum atomic E-state index is -0.327. The van der Waals surface area contributed by atoms with Crippen LogP contribution < -0.4 is 5.32 Å². The maximum atomic E-state index is 12.6. The van der Waals surface area contributed by atoms with E-state index in [4.69, 9.17) is 4.42 Å². The van der Waals surface area contributed by atoms with Gasteiger partial charge in [0, 0.05) is 12.5 Å². The molecule has 0 radical (unpaired) electrons. The number of aromatic hydroxyl groups is 1. The summed E-state index contributed by atoms with van der Waals surface area (Å²) in [6.07, 6.45) is 1.30. The summed E-state index contributed by atoms with van der Waals surface area (Å²) in [7, 11) is 0. The molecule has 0 saturated carbocycles. The molecule has 1 amide bonds. The van der Waals surface area contributed by atoms with Crippen LogP contribution in [0.3, 0.4) is 0 Å². The summed E-state index contributed by atoms with van der Waals surface area (Å²) in [5, 5.41) is 12.9. The standard InChI is InChI=1S/C24H20N2O3/c27-22-14-8-7-13-19(22)24-26-21(16-29-24)23(28)25-15-20(17-9-3-1-4-10-17)18-11-5-2-6-12-18/h1-14,16,20,27H,15H2,(H,25,28). The number of nitrogens with zero attached hydrogens (tertiary/aromatic N) is 1. The van der Waals surface area contributed by atoms with Gasteiger partial charge in [-0.15, -0.1) is 0 Å². The zero-order valence-electron chi connectivity index (χ0n) is 15.7. The van der Waals surface area contributed by atoms with Crippen LogP contribution in [0.15, 0.2) is 95.6 Å². The first-order valence-corrected chi connectivity index (χ1v) is 9.34. The quantitative estimate of drug-likeness (QED) is 0.509. The molecule has 5 heteroatoms. The second-order valence-corrected chi connectivity index (χ2v) is 6.64. The van der Waals surface area contributed by atoms with Gasteiger partial charge in [-0.1, -0.05) is 72.8 Å². The molecule has 4 rings (SSSR count). The van der Waals surface area contributed by atoms with E-state index in [0.717, 1.165) is 11.1 Å².